The number of anilines is 1. The molecule has 0 saturated carbocycles. The minimum absolute atomic E-state index is 0.105. The molecule has 0 heterocycles. The molecule has 1 aromatic carbocycles. The van der Waals surface area contributed by atoms with Crippen LogP contribution in [-0.2, 0) is 6.54 Å². The van der Waals surface area contributed by atoms with Gasteiger partial charge in [-0.25, -0.2) is 4.79 Å². The molecule has 3 N–H and O–H groups in total. The highest BCUT2D eigenvalue weighted by Crippen LogP contribution is 2.14. The van der Waals surface area contributed by atoms with E-state index in [0.29, 0.717) is 13.1 Å². The van der Waals surface area contributed by atoms with Crippen LogP contribution in [0.3, 0.4) is 0 Å². The van der Waals surface area contributed by atoms with Gasteiger partial charge in [-0.15, -0.1) is 0 Å². The molecule has 0 spiro atoms. The zero-order chi connectivity index (χ0) is 11.3. The van der Waals surface area contributed by atoms with Crippen LogP contribution in [0.25, 0.3) is 0 Å². The Balaban J connectivity index is 2.81. The molecule has 1 rings (SSSR count). The number of carbonyl (C=O) groups is 1. The molecule has 0 saturated heterocycles. The highest BCUT2D eigenvalue weighted by Gasteiger charge is 2.08. The second-order valence-corrected chi connectivity index (χ2v) is 3.27. The Bertz CT molecular complexity index is 338. The quantitative estimate of drug-likeness (QED) is 0.785. The van der Waals surface area contributed by atoms with Crippen molar-refractivity contribution in [2.24, 2.45) is 5.73 Å². The van der Waals surface area contributed by atoms with Gasteiger partial charge in [-0.2, -0.15) is 0 Å². The monoisotopic (exact) mass is 207 g/mol. The van der Waals surface area contributed by atoms with Crippen molar-refractivity contribution < 1.29 is 4.79 Å². The summed E-state index contributed by atoms with van der Waals surface area (Å²) in [4.78, 5) is 13.1. The fraction of sp³-hybridized carbons (Fsp3) is 0.364. The molecule has 0 radical (unpaired) electrons. The fourth-order valence-electron chi connectivity index (χ4n) is 1.28. The number of hydrogen-bond acceptors (Lipinski definition) is 2. The number of hydrogen-bond donors (Lipinski definition) is 2. The summed E-state index contributed by atoms with van der Waals surface area (Å²) in [5.74, 6) is 0. The van der Waals surface area contributed by atoms with E-state index in [0.717, 1.165) is 11.3 Å². The number of amides is 2. The predicted molar refractivity (Wildman–Crippen MR) is 61.8 cm³/mol. The zero-order valence-electron chi connectivity index (χ0n) is 9.16. The summed E-state index contributed by atoms with van der Waals surface area (Å²) in [5, 5.41) is 2.74. The summed E-state index contributed by atoms with van der Waals surface area (Å²) < 4.78 is 0. The van der Waals surface area contributed by atoms with E-state index in [2.05, 4.69) is 5.32 Å². The van der Waals surface area contributed by atoms with Crippen molar-refractivity contribution >= 4 is 11.7 Å². The molecular formula is C11H17N3O. The Morgan fingerprint density at radius 2 is 2.27 bits per heavy atom. The molecule has 1 aromatic rings. The lowest BCUT2D eigenvalue weighted by Gasteiger charge is -2.18. The first kappa shape index (κ1) is 11.5. The number of benzene rings is 1. The van der Waals surface area contributed by atoms with E-state index in [1.807, 2.05) is 31.2 Å². The summed E-state index contributed by atoms with van der Waals surface area (Å²) in [6, 6.07) is 7.53. The molecule has 0 aliphatic heterocycles. The third kappa shape index (κ3) is 2.95. The van der Waals surface area contributed by atoms with E-state index < -0.39 is 0 Å². The van der Waals surface area contributed by atoms with E-state index >= 15 is 0 Å². The van der Waals surface area contributed by atoms with Crippen LogP contribution in [0, 0.1) is 0 Å². The van der Waals surface area contributed by atoms with Crippen LogP contribution >= 0.6 is 0 Å². The minimum atomic E-state index is -0.105. The van der Waals surface area contributed by atoms with Gasteiger partial charge in [0.05, 0.1) is 0 Å². The van der Waals surface area contributed by atoms with Crippen molar-refractivity contribution in [1.29, 1.82) is 0 Å². The average molecular weight is 207 g/mol. The SMILES string of the molecule is CCNC(=O)N(C)c1cccc(CN)c1. The van der Waals surface area contributed by atoms with Gasteiger partial charge in [-0.05, 0) is 24.6 Å². The number of nitrogens with zero attached hydrogens (tertiary/aromatic N) is 1. The highest BCUT2D eigenvalue weighted by atomic mass is 16.2. The van der Waals surface area contributed by atoms with Crippen molar-refractivity contribution in [3.05, 3.63) is 29.8 Å². The van der Waals surface area contributed by atoms with Gasteiger partial charge in [-0.3, -0.25) is 4.90 Å². The number of nitrogens with one attached hydrogen (secondary N) is 1. The summed E-state index contributed by atoms with van der Waals surface area (Å²) >= 11 is 0. The average Bonchev–Trinajstić information content (AvgIpc) is 2.28. The number of nitrogens with two attached hydrogens (primary N) is 1. The van der Waals surface area contributed by atoms with Gasteiger partial charge in [0.1, 0.15) is 0 Å². The molecule has 4 nitrogen and oxygen atoms in total. The second-order valence-electron chi connectivity index (χ2n) is 3.27. The molecule has 4 heteroatoms. The van der Waals surface area contributed by atoms with Gasteiger partial charge in [0.15, 0.2) is 0 Å². The van der Waals surface area contributed by atoms with Crippen molar-refractivity contribution in [2.75, 3.05) is 18.5 Å². The zero-order valence-corrected chi connectivity index (χ0v) is 9.16. The second kappa shape index (κ2) is 5.36. The Kier molecular flexibility index (Phi) is 4.12. The largest absolute Gasteiger partial charge is 0.338 e. The van der Waals surface area contributed by atoms with Gasteiger partial charge in [0, 0.05) is 25.8 Å². The van der Waals surface area contributed by atoms with Crippen molar-refractivity contribution in [2.45, 2.75) is 13.5 Å². The maximum atomic E-state index is 11.5. The first-order chi connectivity index (χ1) is 7.19. The Hall–Kier alpha value is -1.55. The molecule has 0 aliphatic rings. The summed E-state index contributed by atoms with van der Waals surface area (Å²) in [7, 11) is 1.74. The lowest BCUT2D eigenvalue weighted by Crippen LogP contribution is -2.37. The fourth-order valence-corrected chi connectivity index (χ4v) is 1.28. The Morgan fingerprint density at radius 1 is 1.53 bits per heavy atom. The summed E-state index contributed by atoms with van der Waals surface area (Å²) in [6.45, 7) is 3.00. The molecule has 0 aromatic heterocycles. The first-order valence-corrected chi connectivity index (χ1v) is 4.99. The molecule has 0 aliphatic carbocycles. The Morgan fingerprint density at radius 3 is 2.87 bits per heavy atom. The standard InChI is InChI=1S/C11H17N3O/c1-3-13-11(15)14(2)10-6-4-5-9(7-10)8-12/h4-7H,3,8,12H2,1-2H3,(H,13,15). The van der Waals surface area contributed by atoms with Crippen molar-refractivity contribution in [3.63, 3.8) is 0 Å². The van der Waals surface area contributed by atoms with E-state index in [1.54, 1.807) is 11.9 Å². The molecule has 15 heavy (non-hydrogen) atoms. The van der Waals surface area contributed by atoms with Gasteiger partial charge in [0.2, 0.25) is 0 Å². The van der Waals surface area contributed by atoms with Crippen LogP contribution in [0.2, 0.25) is 0 Å². The number of urea groups is 1. The summed E-state index contributed by atoms with van der Waals surface area (Å²) in [5.41, 5.74) is 7.40. The van der Waals surface area contributed by atoms with Crippen LogP contribution in [-0.4, -0.2) is 19.6 Å². The van der Waals surface area contributed by atoms with Crippen LogP contribution in [0.4, 0.5) is 10.5 Å². The summed E-state index contributed by atoms with van der Waals surface area (Å²) in [6.07, 6.45) is 0. The van der Waals surface area contributed by atoms with Crippen LogP contribution in [0.15, 0.2) is 24.3 Å². The highest BCUT2D eigenvalue weighted by molar-refractivity contribution is 5.91. The molecule has 2 amide bonds. The minimum Gasteiger partial charge on any atom is -0.338 e. The Labute approximate surface area is 90.1 Å². The molecular weight excluding hydrogens is 190 g/mol. The first-order valence-electron chi connectivity index (χ1n) is 4.99. The lowest BCUT2D eigenvalue weighted by molar-refractivity contribution is 0.248. The molecule has 0 bridgehead atoms. The van der Waals surface area contributed by atoms with Crippen LogP contribution < -0.4 is 16.0 Å². The predicted octanol–water partition coefficient (Wildman–Crippen LogP) is 1.31. The van der Waals surface area contributed by atoms with Gasteiger partial charge >= 0.3 is 6.03 Å². The van der Waals surface area contributed by atoms with E-state index in [1.165, 1.54) is 0 Å². The molecule has 82 valence electrons. The number of rotatable bonds is 3. The third-order valence-corrected chi connectivity index (χ3v) is 2.17. The van der Waals surface area contributed by atoms with Crippen LogP contribution in [0.5, 0.6) is 0 Å². The number of carbonyl (C=O) groups excluding carboxylic acids is 1. The van der Waals surface area contributed by atoms with Crippen molar-refractivity contribution in [1.82, 2.24) is 5.32 Å². The smallest absolute Gasteiger partial charge is 0.321 e. The van der Waals surface area contributed by atoms with Gasteiger partial charge in [-0.1, -0.05) is 12.1 Å². The van der Waals surface area contributed by atoms with E-state index in [4.69, 9.17) is 5.73 Å². The third-order valence-electron chi connectivity index (χ3n) is 2.17. The lowest BCUT2D eigenvalue weighted by atomic mass is 10.2. The molecule has 0 fully saturated rings. The van der Waals surface area contributed by atoms with E-state index in [-0.39, 0.29) is 6.03 Å². The van der Waals surface area contributed by atoms with Crippen LogP contribution in [0.1, 0.15) is 12.5 Å². The molecule has 0 atom stereocenters. The maximum absolute atomic E-state index is 11.5. The topological polar surface area (TPSA) is 58.4 Å². The normalized spacial score (nSPS) is 9.80. The van der Waals surface area contributed by atoms with Gasteiger partial charge < -0.3 is 11.1 Å². The van der Waals surface area contributed by atoms with E-state index in [9.17, 15) is 4.79 Å². The van der Waals surface area contributed by atoms with Gasteiger partial charge in [0.25, 0.3) is 0 Å². The van der Waals surface area contributed by atoms with Crippen molar-refractivity contribution in [3.8, 4) is 0 Å². The molecule has 0 unspecified atom stereocenters. The maximum Gasteiger partial charge on any atom is 0.321 e.